The monoisotopic (exact) mass is 863 g/mol. The largest absolute Gasteiger partial charge is 0.394 e. The Morgan fingerprint density at radius 3 is 1.23 bits per heavy atom. The minimum absolute atomic E-state index is 0.00716. The number of aliphatic hydroxyl groups excluding tert-OH is 4. The second-order valence-electron chi connectivity index (χ2n) is 17.5. The summed E-state index contributed by atoms with van der Waals surface area (Å²) >= 11 is 0. The fourth-order valence-electron chi connectivity index (χ4n) is 4.65. The maximum absolute atomic E-state index is 11.6. The van der Waals surface area contributed by atoms with Crippen LogP contribution in [0.5, 0.6) is 0 Å². The number of rotatable bonds is 30. The first-order valence-electron chi connectivity index (χ1n) is 22.1. The predicted molar refractivity (Wildman–Crippen MR) is 239 cm³/mol. The summed E-state index contributed by atoms with van der Waals surface area (Å²) < 4.78 is 21.2. The zero-order valence-electron chi connectivity index (χ0n) is 40.6. The van der Waals surface area contributed by atoms with E-state index in [1.165, 1.54) is 0 Å². The van der Waals surface area contributed by atoms with E-state index in [2.05, 4.69) is 6.58 Å². The van der Waals surface area contributed by atoms with Crippen LogP contribution in [0, 0.1) is 23.7 Å². The fraction of sp³-hybridized carbons (Fsp3) is 0.851. The Morgan fingerprint density at radius 1 is 0.483 bits per heavy atom. The summed E-state index contributed by atoms with van der Waals surface area (Å²) in [6, 6.07) is 0. The quantitative estimate of drug-likeness (QED) is 0.0527. The van der Waals surface area contributed by atoms with Gasteiger partial charge >= 0.3 is 0 Å². The van der Waals surface area contributed by atoms with Crippen molar-refractivity contribution in [1.82, 2.24) is 0 Å². The molecular weight excluding hydrogens is 773 g/mol. The van der Waals surface area contributed by atoms with Crippen LogP contribution in [0.1, 0.15) is 162 Å². The number of ether oxygens (including phenoxy) is 4. The van der Waals surface area contributed by atoms with Crippen molar-refractivity contribution in [2.75, 3.05) is 26.4 Å². The molecule has 0 aliphatic rings. The average Bonchev–Trinajstić information content (AvgIpc) is 3.16. The maximum atomic E-state index is 11.6. The number of carbonyl (C=O) groups excluding carboxylic acids is 5. The van der Waals surface area contributed by atoms with Crippen LogP contribution in [-0.2, 0) is 42.9 Å². The van der Waals surface area contributed by atoms with Crippen LogP contribution in [0.15, 0.2) is 12.2 Å². The normalized spacial score (nSPS) is 13.4. The highest BCUT2D eigenvalue weighted by molar-refractivity contribution is 5.87. The summed E-state index contributed by atoms with van der Waals surface area (Å²) in [4.78, 5) is 57.1. The Bertz CT molecular complexity index is 1140. The fourth-order valence-corrected chi connectivity index (χ4v) is 4.65. The van der Waals surface area contributed by atoms with Crippen LogP contribution in [-0.4, -0.2) is 125 Å². The lowest BCUT2D eigenvalue weighted by atomic mass is 10.0. The third-order valence-electron chi connectivity index (χ3n) is 8.63. The number of carbonyl (C=O) groups is 5. The molecule has 4 atom stereocenters. The number of ketones is 5. The lowest BCUT2D eigenvalue weighted by Crippen LogP contribution is -2.33. The van der Waals surface area contributed by atoms with Crippen molar-refractivity contribution in [1.29, 1.82) is 0 Å². The zero-order chi connectivity index (χ0) is 47.7. The van der Waals surface area contributed by atoms with Gasteiger partial charge in [0.25, 0.3) is 0 Å². The van der Waals surface area contributed by atoms with Crippen LogP contribution in [0.25, 0.3) is 0 Å². The molecule has 0 aliphatic heterocycles. The molecule has 4 unspecified atom stereocenters. The van der Waals surface area contributed by atoms with Gasteiger partial charge in [-0.25, -0.2) is 0 Å². The summed E-state index contributed by atoms with van der Waals surface area (Å²) in [6.45, 7) is 34.3. The van der Waals surface area contributed by atoms with E-state index >= 15 is 0 Å². The first-order chi connectivity index (χ1) is 27.6. The van der Waals surface area contributed by atoms with Gasteiger partial charge in [-0.15, -0.1) is 0 Å². The lowest BCUT2D eigenvalue weighted by molar-refractivity contribution is -0.139. The Morgan fingerprint density at radius 2 is 0.900 bits per heavy atom. The first-order valence-corrected chi connectivity index (χ1v) is 22.1. The molecule has 0 saturated heterocycles. The van der Waals surface area contributed by atoms with E-state index < -0.39 is 18.3 Å². The molecule has 60 heavy (non-hydrogen) atoms. The van der Waals surface area contributed by atoms with E-state index in [0.29, 0.717) is 57.5 Å². The van der Waals surface area contributed by atoms with Crippen molar-refractivity contribution in [3.63, 3.8) is 0 Å². The van der Waals surface area contributed by atoms with Crippen LogP contribution < -0.4 is 0 Å². The molecule has 13 heteroatoms. The molecule has 0 heterocycles. The van der Waals surface area contributed by atoms with Gasteiger partial charge in [-0.3, -0.25) is 24.0 Å². The number of Topliss-reactive ketones (excluding diaryl/α,β-unsaturated/α-hetero) is 5. The van der Waals surface area contributed by atoms with Gasteiger partial charge in [0.1, 0.15) is 29.2 Å². The molecule has 0 amide bonds. The van der Waals surface area contributed by atoms with Gasteiger partial charge in [-0.2, -0.15) is 0 Å². The molecular formula is C47H90O13. The first kappa shape index (κ1) is 64.4. The summed E-state index contributed by atoms with van der Waals surface area (Å²) in [5.41, 5.74) is 0.843. The van der Waals surface area contributed by atoms with Gasteiger partial charge in [0.15, 0.2) is 5.78 Å². The Labute approximate surface area is 364 Å². The standard InChI is InChI=1S/2C14H26O4.C10H20O2.C9H18O3/c1-10(2)14(17)8-6-12(16)5-7-13(9-15)18-11(3)4;1-10(2)14(17)8-7-12(15)5-6-13(16)9-18-11(3)4;1-7(2)9(5)10(11)6-12-8(3)4;1-6(2)9(11)8(5-10)12-7(3)4/h10-11,13,15H,5-9H2,1-4H3;10-11,13,16H,5-9H2,1-4H3;7-8,10-11H,5-6H2,1-4H3;6-8,10H,5H2,1-4H3. The summed E-state index contributed by atoms with van der Waals surface area (Å²) in [7, 11) is 0. The van der Waals surface area contributed by atoms with E-state index in [9.17, 15) is 34.2 Å². The molecule has 0 fully saturated rings. The summed E-state index contributed by atoms with van der Waals surface area (Å²) in [6.07, 6.45) is 1.04. The SMILES string of the molecule is C=C(C(C)C)C(O)COC(C)C.CC(C)OC(CO)C(=O)C(C)C.CC(C)OC(CO)CCC(=O)CCC(=O)C(C)C.CC(C)OCC(O)CCC(=O)CCC(=O)C(C)C. The second kappa shape index (κ2) is 38.4. The van der Waals surface area contributed by atoms with Crippen LogP contribution >= 0.6 is 0 Å². The van der Waals surface area contributed by atoms with Gasteiger partial charge in [-0.05, 0) is 79.7 Å². The molecule has 0 radical (unpaired) electrons. The minimum atomic E-state index is -0.648. The number of hydrogen-bond donors (Lipinski definition) is 4. The van der Waals surface area contributed by atoms with Crippen molar-refractivity contribution in [3.05, 3.63) is 12.2 Å². The Kier molecular flexibility index (Phi) is 41.3. The highest BCUT2D eigenvalue weighted by atomic mass is 16.5. The molecule has 0 rings (SSSR count). The minimum Gasteiger partial charge on any atom is -0.394 e. The number of aliphatic hydroxyl groups is 4. The molecule has 0 spiro atoms. The maximum Gasteiger partial charge on any atom is 0.166 e. The van der Waals surface area contributed by atoms with E-state index in [4.69, 9.17) is 29.2 Å². The molecule has 4 N–H and O–H groups in total. The highest BCUT2D eigenvalue weighted by Gasteiger charge is 2.22. The third kappa shape index (κ3) is 41.1. The Balaban J connectivity index is -0.000000355. The molecule has 0 aromatic rings. The second-order valence-corrected chi connectivity index (χ2v) is 17.5. The van der Waals surface area contributed by atoms with Gasteiger partial charge < -0.3 is 39.4 Å². The predicted octanol–water partition coefficient (Wildman–Crippen LogP) is 7.24. The van der Waals surface area contributed by atoms with E-state index in [0.717, 1.165) is 5.57 Å². The lowest BCUT2D eigenvalue weighted by Gasteiger charge is -2.18. The molecule has 0 bridgehead atoms. The molecule has 0 aromatic carbocycles. The average molecular weight is 863 g/mol. The van der Waals surface area contributed by atoms with E-state index in [-0.39, 0.29) is 103 Å². The third-order valence-corrected chi connectivity index (χ3v) is 8.63. The summed E-state index contributed by atoms with van der Waals surface area (Å²) in [5, 5.41) is 37.0. The molecule has 0 aromatic heterocycles. The molecule has 356 valence electrons. The van der Waals surface area contributed by atoms with Crippen molar-refractivity contribution in [2.45, 2.75) is 211 Å². The molecule has 13 nitrogen and oxygen atoms in total. The zero-order valence-corrected chi connectivity index (χ0v) is 40.6. The van der Waals surface area contributed by atoms with Crippen molar-refractivity contribution < 1.29 is 63.3 Å². The topological polar surface area (TPSA) is 203 Å². The van der Waals surface area contributed by atoms with Gasteiger partial charge in [0.2, 0.25) is 0 Å². The number of hydrogen-bond acceptors (Lipinski definition) is 13. The van der Waals surface area contributed by atoms with E-state index in [1.54, 1.807) is 13.8 Å². The van der Waals surface area contributed by atoms with Crippen LogP contribution in [0.2, 0.25) is 0 Å². The molecule has 0 aliphatic carbocycles. The van der Waals surface area contributed by atoms with Crippen molar-refractivity contribution >= 4 is 28.9 Å². The highest BCUT2D eigenvalue weighted by Crippen LogP contribution is 2.13. The van der Waals surface area contributed by atoms with Crippen molar-refractivity contribution in [2.24, 2.45) is 23.7 Å². The van der Waals surface area contributed by atoms with Crippen molar-refractivity contribution in [3.8, 4) is 0 Å². The van der Waals surface area contributed by atoms with Crippen LogP contribution in [0.4, 0.5) is 0 Å². The van der Waals surface area contributed by atoms with E-state index in [1.807, 2.05) is 96.9 Å². The van der Waals surface area contributed by atoms with Gasteiger partial charge in [0.05, 0.1) is 69.2 Å². The Hall–Kier alpha value is -2.23. The van der Waals surface area contributed by atoms with Gasteiger partial charge in [-0.1, -0.05) is 62.0 Å². The van der Waals surface area contributed by atoms with Gasteiger partial charge in [0, 0.05) is 56.3 Å². The van der Waals surface area contributed by atoms with Crippen LogP contribution in [0.3, 0.4) is 0 Å². The summed E-state index contributed by atoms with van der Waals surface area (Å²) in [5.74, 6) is 0.521. The molecule has 0 saturated carbocycles. The smallest absolute Gasteiger partial charge is 0.166 e.